The Morgan fingerprint density at radius 1 is 1.14 bits per heavy atom. The van der Waals surface area contributed by atoms with Crippen molar-refractivity contribution in [2.75, 3.05) is 11.5 Å². The lowest BCUT2D eigenvalue weighted by Crippen LogP contribution is -2.29. The number of nitrogens with zero attached hydrogens (tertiary/aromatic N) is 2. The highest BCUT2D eigenvalue weighted by Crippen LogP contribution is 2.45. The molecule has 4 aromatic rings. The first kappa shape index (κ1) is 23.5. The Labute approximate surface area is 218 Å². The summed E-state index contributed by atoms with van der Waals surface area (Å²) in [4.78, 5) is 32.6. The van der Waals surface area contributed by atoms with Crippen molar-refractivity contribution in [3.63, 3.8) is 0 Å². The summed E-state index contributed by atoms with van der Waals surface area (Å²) in [5.41, 5.74) is 1.72. The molecule has 2 heterocycles. The van der Waals surface area contributed by atoms with Gasteiger partial charge in [-0.05, 0) is 67.1 Å². The molecule has 1 atom stereocenters. The number of hydrogen-bond donors (Lipinski definition) is 1. The number of rotatable bonds is 5. The third-order valence-corrected chi connectivity index (χ3v) is 7.34. The molecule has 1 aliphatic rings. The van der Waals surface area contributed by atoms with Gasteiger partial charge in [0.25, 0.3) is 5.78 Å². The maximum Gasteiger partial charge on any atom is 0.301 e. The Morgan fingerprint density at radius 2 is 1.91 bits per heavy atom. The van der Waals surface area contributed by atoms with Crippen LogP contribution in [0.3, 0.4) is 0 Å². The Balaban J connectivity index is 1.69. The molecule has 6 nitrogen and oxygen atoms in total. The topological polar surface area (TPSA) is 79.7 Å². The van der Waals surface area contributed by atoms with Gasteiger partial charge in [-0.25, -0.2) is 4.98 Å². The number of amides is 1. The summed E-state index contributed by atoms with van der Waals surface area (Å²) < 4.78 is 7.03. The molecule has 1 fully saturated rings. The number of ether oxygens (including phenoxy) is 1. The molecule has 0 aliphatic carbocycles. The Bertz CT molecular complexity index is 1500. The maximum atomic E-state index is 13.3. The summed E-state index contributed by atoms with van der Waals surface area (Å²) in [5.74, 6) is -1.16. The smallest absolute Gasteiger partial charge is 0.301 e. The highest BCUT2D eigenvalue weighted by atomic mass is 79.9. The van der Waals surface area contributed by atoms with Gasteiger partial charge in [-0.3, -0.25) is 14.5 Å². The van der Waals surface area contributed by atoms with Gasteiger partial charge in [-0.1, -0.05) is 51.0 Å². The second kappa shape index (κ2) is 9.45. The lowest BCUT2D eigenvalue weighted by molar-refractivity contribution is -0.132. The number of anilines is 1. The van der Waals surface area contributed by atoms with Gasteiger partial charge in [0.2, 0.25) is 0 Å². The predicted octanol–water partition coefficient (Wildman–Crippen LogP) is 6.74. The molecule has 35 heavy (non-hydrogen) atoms. The fraction of sp³-hybridized carbons (Fsp3) is 0.115. The molecule has 3 aromatic carbocycles. The lowest BCUT2D eigenvalue weighted by Gasteiger charge is -2.23. The summed E-state index contributed by atoms with van der Waals surface area (Å²) in [6.45, 7) is 2.38. The Kier molecular flexibility index (Phi) is 6.35. The van der Waals surface area contributed by atoms with E-state index >= 15 is 0 Å². The van der Waals surface area contributed by atoms with Gasteiger partial charge in [0.05, 0.1) is 28.4 Å². The fourth-order valence-corrected chi connectivity index (χ4v) is 5.73. The van der Waals surface area contributed by atoms with Gasteiger partial charge in [-0.2, -0.15) is 0 Å². The van der Waals surface area contributed by atoms with E-state index < -0.39 is 17.7 Å². The normalized spacial score (nSPS) is 17.3. The summed E-state index contributed by atoms with van der Waals surface area (Å²) in [6.07, 6.45) is 0. The number of benzene rings is 3. The fourth-order valence-electron chi connectivity index (χ4n) is 4.04. The standard InChI is InChI=1S/C26H18BrClN2O4S/c1-2-34-18-9-6-14(7-10-18)23(31)21-22(15-4-3-5-16(27)12-15)30(25(33)24(21)32)26-29-19-11-8-17(28)13-20(19)35-26/h3-13,22,31H,2H2,1H3. The number of hydrogen-bond acceptors (Lipinski definition) is 6. The molecule has 1 amide bonds. The largest absolute Gasteiger partial charge is 0.507 e. The second-order valence-electron chi connectivity index (χ2n) is 7.79. The van der Waals surface area contributed by atoms with Crippen molar-refractivity contribution in [2.45, 2.75) is 13.0 Å². The van der Waals surface area contributed by atoms with Crippen LogP contribution in [0, 0.1) is 0 Å². The van der Waals surface area contributed by atoms with E-state index in [4.69, 9.17) is 16.3 Å². The van der Waals surface area contributed by atoms with Gasteiger partial charge < -0.3 is 9.84 Å². The van der Waals surface area contributed by atoms with Crippen LogP contribution >= 0.6 is 38.9 Å². The third-order valence-electron chi connectivity index (χ3n) is 5.59. The van der Waals surface area contributed by atoms with E-state index in [2.05, 4.69) is 20.9 Å². The molecule has 5 rings (SSSR count). The number of aliphatic hydroxyl groups is 1. The first-order valence-electron chi connectivity index (χ1n) is 10.7. The minimum absolute atomic E-state index is 0.00505. The average molecular weight is 570 g/mol. The molecule has 0 spiro atoms. The van der Waals surface area contributed by atoms with Gasteiger partial charge in [0.1, 0.15) is 11.5 Å². The summed E-state index contributed by atoms with van der Waals surface area (Å²) in [5, 5.41) is 12.2. The zero-order valence-electron chi connectivity index (χ0n) is 18.4. The molecule has 1 aliphatic heterocycles. The van der Waals surface area contributed by atoms with E-state index in [1.54, 1.807) is 42.5 Å². The van der Waals surface area contributed by atoms with E-state index in [9.17, 15) is 14.7 Å². The van der Waals surface area contributed by atoms with Crippen molar-refractivity contribution in [3.05, 3.63) is 92.9 Å². The molecule has 0 bridgehead atoms. The number of carbonyl (C=O) groups excluding carboxylic acids is 2. The predicted molar refractivity (Wildman–Crippen MR) is 141 cm³/mol. The van der Waals surface area contributed by atoms with Gasteiger partial charge >= 0.3 is 5.91 Å². The molecule has 1 unspecified atom stereocenters. The van der Waals surface area contributed by atoms with E-state index in [0.29, 0.717) is 39.2 Å². The monoisotopic (exact) mass is 568 g/mol. The van der Waals surface area contributed by atoms with Gasteiger partial charge in [-0.15, -0.1) is 0 Å². The van der Waals surface area contributed by atoms with Crippen molar-refractivity contribution in [2.24, 2.45) is 0 Å². The van der Waals surface area contributed by atoms with Crippen molar-refractivity contribution in [1.29, 1.82) is 0 Å². The minimum atomic E-state index is -0.866. The summed E-state index contributed by atoms with van der Waals surface area (Å²) in [7, 11) is 0. The van der Waals surface area contributed by atoms with Gasteiger partial charge in [0, 0.05) is 15.1 Å². The third kappa shape index (κ3) is 4.33. The van der Waals surface area contributed by atoms with Crippen molar-refractivity contribution >= 4 is 71.7 Å². The van der Waals surface area contributed by atoms with Crippen LogP contribution in [0.4, 0.5) is 5.13 Å². The maximum absolute atomic E-state index is 13.3. The lowest BCUT2D eigenvalue weighted by atomic mass is 9.95. The van der Waals surface area contributed by atoms with Crippen LogP contribution < -0.4 is 9.64 Å². The number of carbonyl (C=O) groups is 2. The number of ketones is 1. The van der Waals surface area contributed by atoms with E-state index in [0.717, 1.165) is 9.17 Å². The molecular weight excluding hydrogens is 552 g/mol. The van der Waals surface area contributed by atoms with Crippen LogP contribution in [-0.4, -0.2) is 28.4 Å². The molecule has 0 saturated carbocycles. The zero-order chi connectivity index (χ0) is 24.7. The highest BCUT2D eigenvalue weighted by Gasteiger charge is 2.48. The minimum Gasteiger partial charge on any atom is -0.507 e. The molecular formula is C26H18BrClN2O4S. The number of fused-ring (bicyclic) bond motifs is 1. The quantitative estimate of drug-likeness (QED) is 0.164. The van der Waals surface area contributed by atoms with Crippen molar-refractivity contribution < 1.29 is 19.4 Å². The van der Waals surface area contributed by atoms with E-state index in [1.807, 2.05) is 31.2 Å². The summed E-state index contributed by atoms with van der Waals surface area (Å²) in [6, 6.07) is 18.4. The molecule has 1 N–H and O–H groups in total. The average Bonchev–Trinajstić information content (AvgIpc) is 3.37. The Hall–Kier alpha value is -3.20. The number of thiazole rings is 1. The van der Waals surface area contributed by atoms with Crippen LogP contribution in [0.15, 0.2) is 76.8 Å². The number of aromatic nitrogens is 1. The first-order valence-corrected chi connectivity index (χ1v) is 12.7. The highest BCUT2D eigenvalue weighted by molar-refractivity contribution is 9.10. The zero-order valence-corrected chi connectivity index (χ0v) is 21.5. The van der Waals surface area contributed by atoms with E-state index in [1.165, 1.54) is 16.2 Å². The van der Waals surface area contributed by atoms with E-state index in [-0.39, 0.29) is 11.3 Å². The second-order valence-corrected chi connectivity index (χ2v) is 10.2. The SMILES string of the molecule is CCOc1ccc(C(O)=C2C(=O)C(=O)N(c3nc4ccc(Cl)cc4s3)C2c2cccc(Br)c2)cc1. The molecule has 9 heteroatoms. The van der Waals surface area contributed by atoms with Gasteiger partial charge in [0.15, 0.2) is 5.13 Å². The number of halogens is 2. The van der Waals surface area contributed by atoms with Crippen LogP contribution in [0.5, 0.6) is 5.75 Å². The molecule has 1 aromatic heterocycles. The van der Waals surface area contributed by atoms with Crippen molar-refractivity contribution in [3.8, 4) is 5.75 Å². The number of aliphatic hydroxyl groups excluding tert-OH is 1. The molecule has 176 valence electrons. The van der Waals surface area contributed by atoms with Crippen LogP contribution in [0.2, 0.25) is 5.02 Å². The number of Topliss-reactive ketones (excluding diaryl/α,β-unsaturated/α-hetero) is 1. The van der Waals surface area contributed by atoms with Crippen molar-refractivity contribution in [1.82, 2.24) is 4.98 Å². The summed E-state index contributed by atoms with van der Waals surface area (Å²) >= 11 is 10.9. The van der Waals surface area contributed by atoms with Crippen LogP contribution in [-0.2, 0) is 9.59 Å². The molecule has 0 radical (unpaired) electrons. The van der Waals surface area contributed by atoms with Crippen LogP contribution in [0.1, 0.15) is 24.1 Å². The Morgan fingerprint density at radius 3 is 2.63 bits per heavy atom. The van der Waals surface area contributed by atoms with Crippen LogP contribution in [0.25, 0.3) is 16.0 Å². The molecule has 1 saturated heterocycles. The first-order chi connectivity index (χ1) is 16.9.